The highest BCUT2D eigenvalue weighted by Crippen LogP contribution is 2.33. The monoisotopic (exact) mass is 440 g/mol. The van der Waals surface area contributed by atoms with Gasteiger partial charge in [-0.05, 0) is 49.8 Å². The third kappa shape index (κ3) is 4.17. The molecule has 0 radical (unpaired) electrons. The van der Waals surface area contributed by atoms with Crippen LogP contribution in [-0.4, -0.2) is 59.1 Å². The van der Waals surface area contributed by atoms with Crippen molar-refractivity contribution in [1.82, 2.24) is 14.8 Å². The topological polar surface area (TPSA) is 86.5 Å². The van der Waals surface area contributed by atoms with Crippen LogP contribution in [0.5, 0.6) is 0 Å². The van der Waals surface area contributed by atoms with Crippen LogP contribution in [0.2, 0.25) is 5.02 Å². The van der Waals surface area contributed by atoms with Crippen LogP contribution in [-0.2, 0) is 17.6 Å². The van der Waals surface area contributed by atoms with Crippen LogP contribution in [0.15, 0.2) is 18.2 Å². The molecule has 2 aliphatic rings. The van der Waals surface area contributed by atoms with Gasteiger partial charge < -0.3 is 14.5 Å². The molecule has 1 aromatic carbocycles. The van der Waals surface area contributed by atoms with E-state index < -0.39 is 12.1 Å². The zero-order chi connectivity index (χ0) is 22.0. The highest BCUT2D eigenvalue weighted by atomic mass is 35.5. The molecular weight excluding hydrogens is 416 g/mol. The van der Waals surface area contributed by atoms with Crippen molar-refractivity contribution >= 4 is 34.5 Å². The fraction of sp³-hybridized carbons (Fsp3) is 0.478. The van der Waals surface area contributed by atoms with Gasteiger partial charge in [0, 0.05) is 29.7 Å². The molecule has 162 valence electrons. The smallest absolute Gasteiger partial charge is 0.409 e. The predicted octanol–water partition coefficient (Wildman–Crippen LogP) is 3.96. The number of halogens is 1. The summed E-state index contributed by atoms with van der Waals surface area (Å²) in [5.74, 6) is -0.245. The van der Waals surface area contributed by atoms with E-state index in [0.717, 1.165) is 53.8 Å². The lowest BCUT2D eigenvalue weighted by Crippen LogP contribution is -2.56. The zero-order valence-corrected chi connectivity index (χ0v) is 18.3. The Morgan fingerprint density at radius 1 is 1.29 bits per heavy atom. The number of fused-ring (bicyclic) bond motifs is 2. The Balaban J connectivity index is 1.56. The number of hydrogen-bond acceptors (Lipinski definition) is 5. The maximum atomic E-state index is 13.2. The molecule has 1 atom stereocenters. The molecule has 2 heterocycles. The van der Waals surface area contributed by atoms with Crippen molar-refractivity contribution in [2.45, 2.75) is 45.1 Å². The number of rotatable bonds is 3. The van der Waals surface area contributed by atoms with E-state index >= 15 is 0 Å². The van der Waals surface area contributed by atoms with Crippen LogP contribution in [0.4, 0.5) is 4.79 Å². The highest BCUT2D eigenvalue weighted by molar-refractivity contribution is 6.36. The zero-order valence-electron chi connectivity index (χ0n) is 17.6. The Bertz CT molecular complexity index is 1060. The van der Waals surface area contributed by atoms with Gasteiger partial charge in [0.25, 0.3) is 5.91 Å². The maximum Gasteiger partial charge on any atom is 0.409 e. The summed E-state index contributed by atoms with van der Waals surface area (Å²) in [6.07, 6.45) is 4.33. The number of aromatic nitrogens is 1. The fourth-order valence-corrected chi connectivity index (χ4v) is 4.61. The third-order valence-electron chi connectivity index (χ3n) is 5.92. The molecule has 2 amide bonds. The van der Waals surface area contributed by atoms with Crippen LogP contribution >= 0.6 is 11.6 Å². The van der Waals surface area contributed by atoms with Crippen molar-refractivity contribution in [3.63, 3.8) is 0 Å². The van der Waals surface area contributed by atoms with E-state index in [1.165, 1.54) is 9.80 Å². The number of carbonyl (C=O) groups is 2. The number of aryl methyl sites for hydroxylation is 1. The first-order valence-corrected chi connectivity index (χ1v) is 11.1. The minimum absolute atomic E-state index is 0.135. The number of carbonyl (C=O) groups excluding carboxylic acids is 2. The van der Waals surface area contributed by atoms with Gasteiger partial charge >= 0.3 is 6.09 Å². The predicted molar refractivity (Wildman–Crippen MR) is 117 cm³/mol. The minimum atomic E-state index is -0.730. The molecule has 4 rings (SSSR count). The largest absolute Gasteiger partial charge is 0.449 e. The van der Waals surface area contributed by atoms with Crippen molar-refractivity contribution in [3.8, 4) is 6.07 Å². The van der Waals surface area contributed by atoms with Gasteiger partial charge in [-0.3, -0.25) is 9.78 Å². The van der Waals surface area contributed by atoms with Gasteiger partial charge in [0.1, 0.15) is 6.04 Å². The summed E-state index contributed by atoms with van der Waals surface area (Å²) in [6, 6.07) is 6.76. The molecule has 1 fully saturated rings. The molecule has 2 aromatic rings. The van der Waals surface area contributed by atoms with Crippen molar-refractivity contribution in [2.24, 2.45) is 0 Å². The number of hydrogen-bond donors (Lipinski definition) is 0. The number of amides is 2. The number of ether oxygens (including phenoxy) is 1. The molecule has 31 heavy (non-hydrogen) atoms. The van der Waals surface area contributed by atoms with E-state index in [2.05, 4.69) is 6.07 Å². The lowest BCUT2D eigenvalue weighted by Gasteiger charge is -2.37. The minimum Gasteiger partial charge on any atom is -0.449 e. The van der Waals surface area contributed by atoms with Crippen LogP contribution in [0.1, 0.15) is 47.8 Å². The molecule has 0 N–H and O–H groups in total. The Hall–Kier alpha value is -2.85. The van der Waals surface area contributed by atoms with Gasteiger partial charge in [-0.2, -0.15) is 5.26 Å². The van der Waals surface area contributed by atoms with Crippen molar-refractivity contribution in [1.29, 1.82) is 5.26 Å². The Morgan fingerprint density at radius 3 is 2.87 bits per heavy atom. The second-order valence-corrected chi connectivity index (χ2v) is 8.37. The van der Waals surface area contributed by atoms with Gasteiger partial charge in [-0.1, -0.05) is 24.6 Å². The standard InChI is InChI=1S/C23H25ClN4O3/c1-2-11-31-23(30)27-9-10-28(16(13-25)14-27)22(29)15-7-8-18-20(12-15)26-19-6-4-3-5-17(19)21(18)24/h7-8,12,16H,2-6,9-11,14H2,1H3. The van der Waals surface area contributed by atoms with Crippen LogP contribution in [0, 0.1) is 11.3 Å². The van der Waals surface area contributed by atoms with Crippen molar-refractivity contribution in [3.05, 3.63) is 40.0 Å². The molecule has 1 aromatic heterocycles. The van der Waals surface area contributed by atoms with Crippen molar-refractivity contribution in [2.75, 3.05) is 26.2 Å². The average Bonchev–Trinajstić information content (AvgIpc) is 2.81. The second kappa shape index (κ2) is 9.11. The highest BCUT2D eigenvalue weighted by Gasteiger charge is 2.34. The van der Waals surface area contributed by atoms with E-state index in [1.54, 1.807) is 12.1 Å². The molecule has 8 heteroatoms. The van der Waals surface area contributed by atoms with Crippen LogP contribution < -0.4 is 0 Å². The Labute approximate surface area is 186 Å². The lowest BCUT2D eigenvalue weighted by atomic mass is 9.94. The van der Waals surface area contributed by atoms with E-state index in [4.69, 9.17) is 21.3 Å². The summed E-state index contributed by atoms with van der Waals surface area (Å²) in [5, 5.41) is 11.2. The average molecular weight is 441 g/mol. The number of nitrogens with zero attached hydrogens (tertiary/aromatic N) is 4. The van der Waals surface area contributed by atoms with Gasteiger partial charge in [-0.15, -0.1) is 0 Å². The summed E-state index contributed by atoms with van der Waals surface area (Å²) in [4.78, 5) is 33.1. The molecule has 0 bridgehead atoms. The molecular formula is C23H25ClN4O3. The second-order valence-electron chi connectivity index (χ2n) is 7.99. The molecule has 0 spiro atoms. The van der Waals surface area contributed by atoms with E-state index in [-0.39, 0.29) is 19.0 Å². The fourth-order valence-electron chi connectivity index (χ4n) is 4.25. The van der Waals surface area contributed by atoms with E-state index in [0.29, 0.717) is 24.2 Å². The molecule has 1 unspecified atom stereocenters. The van der Waals surface area contributed by atoms with Gasteiger partial charge in [0.15, 0.2) is 0 Å². The summed E-state index contributed by atoms with van der Waals surface area (Å²) < 4.78 is 5.16. The summed E-state index contributed by atoms with van der Waals surface area (Å²) in [5.41, 5.74) is 3.30. The third-order valence-corrected chi connectivity index (χ3v) is 6.35. The quantitative estimate of drug-likeness (QED) is 0.720. The SMILES string of the molecule is CCCOC(=O)N1CCN(C(=O)c2ccc3c(Cl)c4c(nc3c2)CCCC4)C(C#N)C1. The number of benzene rings is 1. The molecule has 0 saturated carbocycles. The van der Waals surface area contributed by atoms with Gasteiger partial charge in [-0.25, -0.2) is 4.79 Å². The van der Waals surface area contributed by atoms with Crippen LogP contribution in [0.25, 0.3) is 10.9 Å². The Kier molecular flexibility index (Phi) is 6.28. The first kappa shape index (κ1) is 21.4. The normalized spacial score (nSPS) is 18.4. The van der Waals surface area contributed by atoms with E-state index in [1.807, 2.05) is 13.0 Å². The summed E-state index contributed by atoms with van der Waals surface area (Å²) in [6.45, 7) is 3.00. The number of nitriles is 1. The first-order valence-electron chi connectivity index (χ1n) is 10.8. The first-order chi connectivity index (χ1) is 15.0. The van der Waals surface area contributed by atoms with Gasteiger partial charge in [0.05, 0.1) is 29.8 Å². The number of pyridine rings is 1. The van der Waals surface area contributed by atoms with Crippen LogP contribution in [0.3, 0.4) is 0 Å². The molecule has 1 saturated heterocycles. The van der Waals surface area contributed by atoms with Gasteiger partial charge in [0.2, 0.25) is 0 Å². The molecule has 7 nitrogen and oxygen atoms in total. The lowest BCUT2D eigenvalue weighted by molar-refractivity contribution is 0.0470. The summed E-state index contributed by atoms with van der Waals surface area (Å²) >= 11 is 6.64. The maximum absolute atomic E-state index is 13.2. The molecule has 1 aliphatic carbocycles. The number of piperazine rings is 1. The van der Waals surface area contributed by atoms with Crippen molar-refractivity contribution < 1.29 is 14.3 Å². The summed E-state index contributed by atoms with van der Waals surface area (Å²) in [7, 11) is 0. The van der Waals surface area contributed by atoms with E-state index in [9.17, 15) is 14.9 Å². The Morgan fingerprint density at radius 2 is 2.10 bits per heavy atom. The molecule has 1 aliphatic heterocycles.